The molecule has 6 nitrogen and oxygen atoms in total. The van der Waals surface area contributed by atoms with Crippen LogP contribution in [0.4, 0.5) is 8.78 Å². The van der Waals surface area contributed by atoms with E-state index in [0.717, 1.165) is 16.4 Å². The molecule has 124 valence electrons. The van der Waals surface area contributed by atoms with Crippen molar-refractivity contribution in [3.63, 3.8) is 0 Å². The molecule has 0 spiro atoms. The van der Waals surface area contributed by atoms with E-state index in [0.29, 0.717) is 6.07 Å². The van der Waals surface area contributed by atoms with Gasteiger partial charge in [0.1, 0.15) is 12.4 Å². The quantitative estimate of drug-likeness (QED) is 0.776. The normalized spacial score (nSPS) is 11.7. The van der Waals surface area contributed by atoms with Gasteiger partial charge in [-0.25, -0.2) is 26.3 Å². The van der Waals surface area contributed by atoms with E-state index in [1.165, 1.54) is 26.2 Å². The molecule has 1 heterocycles. The predicted molar refractivity (Wildman–Crippen MR) is 75.1 cm³/mol. The fourth-order valence-electron chi connectivity index (χ4n) is 1.60. The van der Waals surface area contributed by atoms with Crippen molar-refractivity contribution in [2.75, 3.05) is 14.1 Å². The number of esters is 1. The van der Waals surface area contributed by atoms with Crippen LogP contribution in [0, 0.1) is 11.6 Å². The van der Waals surface area contributed by atoms with Gasteiger partial charge < -0.3 is 9.15 Å². The topological polar surface area (TPSA) is 76.8 Å². The average Bonchev–Trinajstić information content (AvgIpc) is 2.97. The summed E-state index contributed by atoms with van der Waals surface area (Å²) < 4.78 is 60.4. The van der Waals surface area contributed by atoms with E-state index in [2.05, 4.69) is 0 Å². The summed E-state index contributed by atoms with van der Waals surface area (Å²) >= 11 is 0. The lowest BCUT2D eigenvalue weighted by Gasteiger charge is -2.08. The van der Waals surface area contributed by atoms with Gasteiger partial charge in [0.05, 0.1) is 5.56 Å². The molecule has 1 aromatic carbocycles. The molecule has 0 fully saturated rings. The molecule has 0 amide bonds. The van der Waals surface area contributed by atoms with Gasteiger partial charge >= 0.3 is 5.97 Å². The van der Waals surface area contributed by atoms with Crippen molar-refractivity contribution in [2.45, 2.75) is 11.7 Å². The van der Waals surface area contributed by atoms with Crippen molar-refractivity contribution in [3.8, 4) is 0 Å². The summed E-state index contributed by atoms with van der Waals surface area (Å²) in [5.74, 6) is -3.04. The molecule has 0 unspecified atom stereocenters. The number of halogens is 2. The Bertz CT molecular complexity index is 829. The largest absolute Gasteiger partial charge is 0.454 e. The first-order valence-corrected chi connectivity index (χ1v) is 7.79. The van der Waals surface area contributed by atoms with Crippen molar-refractivity contribution >= 4 is 16.0 Å². The molecule has 0 aliphatic rings. The van der Waals surface area contributed by atoms with Gasteiger partial charge in [-0.05, 0) is 30.3 Å². The number of ether oxygens (including phenoxy) is 1. The van der Waals surface area contributed by atoms with E-state index in [-0.39, 0.29) is 23.0 Å². The fraction of sp³-hybridized carbons (Fsp3) is 0.214. The van der Waals surface area contributed by atoms with Gasteiger partial charge in [0.25, 0.3) is 10.0 Å². The molecule has 0 bridgehead atoms. The summed E-state index contributed by atoms with van der Waals surface area (Å²) in [6, 6.07) is 5.16. The Morgan fingerprint density at radius 2 is 1.87 bits per heavy atom. The summed E-state index contributed by atoms with van der Waals surface area (Å²) in [6.07, 6.45) is 0. The lowest BCUT2D eigenvalue weighted by atomic mass is 10.2. The van der Waals surface area contributed by atoms with Crippen LogP contribution in [0.25, 0.3) is 0 Å². The monoisotopic (exact) mass is 345 g/mol. The van der Waals surface area contributed by atoms with E-state index in [9.17, 15) is 22.0 Å². The molecule has 1 aromatic heterocycles. The second-order valence-electron chi connectivity index (χ2n) is 4.71. The lowest BCUT2D eigenvalue weighted by molar-refractivity contribution is 0.0440. The smallest absolute Gasteiger partial charge is 0.338 e. The number of nitrogens with zero attached hydrogens (tertiary/aromatic N) is 1. The number of hydrogen-bond donors (Lipinski definition) is 0. The Morgan fingerprint density at radius 1 is 1.17 bits per heavy atom. The minimum Gasteiger partial charge on any atom is -0.454 e. The number of sulfonamides is 1. The third-order valence-corrected chi connectivity index (χ3v) is 4.56. The second-order valence-corrected chi connectivity index (χ2v) is 6.80. The second kappa shape index (κ2) is 6.47. The third kappa shape index (κ3) is 3.74. The van der Waals surface area contributed by atoms with Gasteiger partial charge in [0.15, 0.2) is 11.6 Å². The third-order valence-electron chi connectivity index (χ3n) is 2.87. The van der Waals surface area contributed by atoms with Crippen molar-refractivity contribution in [1.29, 1.82) is 0 Å². The van der Waals surface area contributed by atoms with Crippen LogP contribution >= 0.6 is 0 Å². The summed E-state index contributed by atoms with van der Waals surface area (Å²) in [6.45, 7) is -0.346. The summed E-state index contributed by atoms with van der Waals surface area (Å²) in [7, 11) is -1.03. The molecule has 2 aromatic rings. The van der Waals surface area contributed by atoms with Gasteiger partial charge in [-0.15, -0.1) is 0 Å². The van der Waals surface area contributed by atoms with E-state index in [4.69, 9.17) is 9.15 Å². The molecule has 9 heteroatoms. The molecule has 0 radical (unpaired) electrons. The highest BCUT2D eigenvalue weighted by atomic mass is 32.2. The summed E-state index contributed by atoms with van der Waals surface area (Å²) in [5.41, 5.74) is -0.170. The highest BCUT2D eigenvalue weighted by molar-refractivity contribution is 7.88. The molecule has 0 atom stereocenters. The van der Waals surface area contributed by atoms with Crippen LogP contribution in [0.2, 0.25) is 0 Å². The molecular weight excluding hydrogens is 332 g/mol. The van der Waals surface area contributed by atoms with Crippen LogP contribution in [-0.2, 0) is 21.4 Å². The Labute approximate surface area is 131 Å². The van der Waals surface area contributed by atoms with E-state index in [1.54, 1.807) is 0 Å². The zero-order valence-corrected chi connectivity index (χ0v) is 13.1. The van der Waals surface area contributed by atoms with Crippen LogP contribution in [0.15, 0.2) is 39.8 Å². The molecule has 0 saturated carbocycles. The van der Waals surface area contributed by atoms with E-state index >= 15 is 0 Å². The van der Waals surface area contributed by atoms with Gasteiger partial charge in [0.2, 0.25) is 5.09 Å². The highest BCUT2D eigenvalue weighted by Gasteiger charge is 2.22. The van der Waals surface area contributed by atoms with Crippen molar-refractivity contribution < 1.29 is 31.1 Å². The summed E-state index contributed by atoms with van der Waals surface area (Å²) in [5, 5.41) is -0.290. The zero-order chi connectivity index (χ0) is 17.2. The first-order chi connectivity index (χ1) is 10.7. The Morgan fingerprint density at radius 3 is 2.48 bits per heavy atom. The number of benzene rings is 1. The zero-order valence-electron chi connectivity index (χ0n) is 12.2. The standard InChI is InChI=1S/C14H13F2NO5S/c1-17(2)23(19,20)13-6-4-10(22-13)8-21-14(18)9-3-5-11(15)12(16)7-9/h3-7H,8H2,1-2H3. The van der Waals surface area contributed by atoms with E-state index < -0.39 is 27.6 Å². The van der Waals surface area contributed by atoms with Gasteiger partial charge in [-0.2, -0.15) is 0 Å². The van der Waals surface area contributed by atoms with Crippen LogP contribution in [0.3, 0.4) is 0 Å². The van der Waals surface area contributed by atoms with Crippen LogP contribution in [0.5, 0.6) is 0 Å². The predicted octanol–water partition coefficient (Wildman–Crippen LogP) is 2.17. The Kier molecular flexibility index (Phi) is 4.81. The minimum atomic E-state index is -3.72. The molecule has 2 rings (SSSR count). The maximum atomic E-state index is 13.0. The van der Waals surface area contributed by atoms with Crippen molar-refractivity contribution in [2.24, 2.45) is 0 Å². The number of hydrogen-bond acceptors (Lipinski definition) is 5. The van der Waals surface area contributed by atoms with Crippen LogP contribution in [0.1, 0.15) is 16.1 Å². The maximum absolute atomic E-state index is 13.0. The fourth-order valence-corrected chi connectivity index (χ4v) is 2.41. The number of carbonyl (C=O) groups excluding carboxylic acids is 1. The minimum absolute atomic E-state index is 0.0985. The first-order valence-electron chi connectivity index (χ1n) is 6.35. The Hall–Kier alpha value is -2.26. The molecular formula is C14H13F2NO5S. The van der Waals surface area contributed by atoms with Gasteiger partial charge in [-0.1, -0.05) is 0 Å². The summed E-state index contributed by atoms with van der Waals surface area (Å²) in [4.78, 5) is 11.7. The number of rotatable bonds is 5. The highest BCUT2D eigenvalue weighted by Crippen LogP contribution is 2.18. The lowest BCUT2D eigenvalue weighted by Crippen LogP contribution is -2.21. The van der Waals surface area contributed by atoms with Gasteiger partial charge in [0, 0.05) is 14.1 Å². The number of furan rings is 1. The van der Waals surface area contributed by atoms with Crippen molar-refractivity contribution in [1.82, 2.24) is 4.31 Å². The molecule has 23 heavy (non-hydrogen) atoms. The average molecular weight is 345 g/mol. The maximum Gasteiger partial charge on any atom is 0.338 e. The SMILES string of the molecule is CN(C)S(=O)(=O)c1ccc(COC(=O)c2ccc(F)c(F)c2)o1. The Balaban J connectivity index is 2.05. The van der Waals surface area contributed by atoms with Crippen molar-refractivity contribution in [3.05, 3.63) is 53.3 Å². The van der Waals surface area contributed by atoms with Gasteiger partial charge in [-0.3, -0.25) is 0 Å². The molecule has 0 N–H and O–H groups in total. The molecule has 0 aliphatic carbocycles. The van der Waals surface area contributed by atoms with Crippen LogP contribution in [-0.4, -0.2) is 32.8 Å². The van der Waals surface area contributed by atoms with E-state index in [1.807, 2.05) is 0 Å². The molecule has 0 aliphatic heterocycles. The first kappa shape index (κ1) is 17.1. The number of carbonyl (C=O) groups is 1. The molecule has 0 saturated heterocycles. The van der Waals surface area contributed by atoms with Crippen LogP contribution < -0.4 is 0 Å².